The van der Waals surface area contributed by atoms with Crippen LogP contribution in [-0.4, -0.2) is 26.4 Å². The topological polar surface area (TPSA) is 59.8 Å². The quantitative estimate of drug-likeness (QED) is 0.750. The summed E-state index contributed by atoms with van der Waals surface area (Å²) in [5.41, 5.74) is 1.15. The molecule has 0 unspecified atom stereocenters. The Morgan fingerprint density at radius 1 is 1.30 bits per heavy atom. The van der Waals surface area contributed by atoms with E-state index in [0.29, 0.717) is 5.75 Å². The number of amides is 1. The molecule has 0 aliphatic carbocycles. The second kappa shape index (κ2) is 8.72. The van der Waals surface area contributed by atoms with E-state index < -0.39 is 0 Å². The third-order valence-corrected chi connectivity index (χ3v) is 4.50. The molecule has 2 aromatic rings. The van der Waals surface area contributed by atoms with Gasteiger partial charge in [-0.15, -0.1) is 10.2 Å². The highest BCUT2D eigenvalue weighted by molar-refractivity contribution is 7.99. The number of nitrogens with one attached hydrogen (secondary N) is 1. The van der Waals surface area contributed by atoms with Crippen molar-refractivity contribution in [1.82, 2.24) is 20.1 Å². The number of rotatable bonds is 8. The largest absolute Gasteiger partial charge is 0.349 e. The molecule has 6 heteroatoms. The standard InChI is InChI=1S/C17H24N4OS/c1-4-8-15(14-9-6-5-7-10-14)19-16(22)11-23-17-20-18-12-21(17)13(2)3/h5-7,9-10,12-13,15H,4,8,11H2,1-3H3,(H,19,22)/t15-/m1/s1. The average Bonchev–Trinajstić information content (AvgIpc) is 3.02. The van der Waals surface area contributed by atoms with E-state index in [0.717, 1.165) is 23.6 Å². The highest BCUT2D eigenvalue weighted by atomic mass is 32.2. The van der Waals surface area contributed by atoms with Crippen LogP contribution < -0.4 is 5.32 Å². The van der Waals surface area contributed by atoms with Gasteiger partial charge in [-0.1, -0.05) is 55.4 Å². The fraction of sp³-hybridized carbons (Fsp3) is 0.471. The van der Waals surface area contributed by atoms with Crippen molar-refractivity contribution in [2.75, 3.05) is 5.75 Å². The van der Waals surface area contributed by atoms with Crippen molar-refractivity contribution < 1.29 is 4.79 Å². The highest BCUT2D eigenvalue weighted by Gasteiger charge is 2.15. The first kappa shape index (κ1) is 17.5. The predicted octanol–water partition coefficient (Wildman–Crippen LogP) is 3.61. The maximum absolute atomic E-state index is 12.3. The molecule has 1 amide bonds. The van der Waals surface area contributed by atoms with Crippen molar-refractivity contribution in [3.63, 3.8) is 0 Å². The zero-order chi connectivity index (χ0) is 16.7. The van der Waals surface area contributed by atoms with Crippen LogP contribution in [0.15, 0.2) is 41.8 Å². The molecule has 0 aliphatic rings. The minimum Gasteiger partial charge on any atom is -0.349 e. The molecule has 1 aromatic carbocycles. The Morgan fingerprint density at radius 2 is 2.04 bits per heavy atom. The molecule has 0 spiro atoms. The maximum atomic E-state index is 12.3. The van der Waals surface area contributed by atoms with Crippen molar-refractivity contribution in [3.05, 3.63) is 42.2 Å². The summed E-state index contributed by atoms with van der Waals surface area (Å²) < 4.78 is 1.97. The van der Waals surface area contributed by atoms with Crippen molar-refractivity contribution in [1.29, 1.82) is 0 Å². The van der Waals surface area contributed by atoms with Gasteiger partial charge in [-0.05, 0) is 25.8 Å². The van der Waals surface area contributed by atoms with Crippen LogP contribution in [0.4, 0.5) is 0 Å². The van der Waals surface area contributed by atoms with E-state index in [9.17, 15) is 4.79 Å². The molecule has 0 radical (unpaired) electrons. The number of nitrogens with zero attached hydrogens (tertiary/aromatic N) is 3. The molecule has 1 heterocycles. The molecule has 1 atom stereocenters. The summed E-state index contributed by atoms with van der Waals surface area (Å²) in [7, 11) is 0. The summed E-state index contributed by atoms with van der Waals surface area (Å²) in [6.07, 6.45) is 3.66. The van der Waals surface area contributed by atoms with Gasteiger partial charge in [0.2, 0.25) is 5.91 Å². The lowest BCUT2D eigenvalue weighted by molar-refractivity contribution is -0.119. The normalized spacial score (nSPS) is 12.3. The minimum absolute atomic E-state index is 0.0237. The zero-order valence-electron chi connectivity index (χ0n) is 13.9. The van der Waals surface area contributed by atoms with Gasteiger partial charge in [-0.25, -0.2) is 0 Å². The first-order valence-electron chi connectivity index (χ1n) is 7.98. The van der Waals surface area contributed by atoms with Crippen LogP contribution in [0.5, 0.6) is 0 Å². The first-order valence-corrected chi connectivity index (χ1v) is 8.97. The summed E-state index contributed by atoms with van der Waals surface area (Å²) >= 11 is 1.42. The monoisotopic (exact) mass is 332 g/mol. The summed E-state index contributed by atoms with van der Waals surface area (Å²) in [4.78, 5) is 12.3. The number of benzene rings is 1. The summed E-state index contributed by atoms with van der Waals surface area (Å²) in [5.74, 6) is 0.369. The lowest BCUT2D eigenvalue weighted by Crippen LogP contribution is -2.30. The van der Waals surface area contributed by atoms with Crippen LogP contribution in [-0.2, 0) is 4.79 Å². The summed E-state index contributed by atoms with van der Waals surface area (Å²) in [6, 6.07) is 10.5. The van der Waals surface area contributed by atoms with Crippen molar-refractivity contribution in [2.45, 2.75) is 50.9 Å². The van der Waals surface area contributed by atoms with Gasteiger partial charge in [0, 0.05) is 6.04 Å². The molecule has 0 bridgehead atoms. The number of hydrogen-bond donors (Lipinski definition) is 1. The van der Waals surface area contributed by atoms with Gasteiger partial charge in [-0.3, -0.25) is 4.79 Å². The van der Waals surface area contributed by atoms with E-state index in [1.807, 2.05) is 22.8 Å². The molecule has 0 saturated heterocycles. The molecule has 1 aromatic heterocycles. The SMILES string of the molecule is CCC[C@@H](NC(=O)CSc1nncn1C(C)C)c1ccccc1. The number of carbonyl (C=O) groups is 1. The summed E-state index contributed by atoms with van der Waals surface area (Å²) in [5, 5.41) is 11.9. The summed E-state index contributed by atoms with van der Waals surface area (Å²) in [6.45, 7) is 6.27. The molecule has 0 aliphatic heterocycles. The van der Waals surface area contributed by atoms with E-state index in [1.54, 1.807) is 6.33 Å². The minimum atomic E-state index is 0.0237. The van der Waals surface area contributed by atoms with E-state index in [4.69, 9.17) is 0 Å². The van der Waals surface area contributed by atoms with Crippen LogP contribution in [0.3, 0.4) is 0 Å². The molecular formula is C17H24N4OS. The predicted molar refractivity (Wildman–Crippen MR) is 93.4 cm³/mol. The number of thioether (sulfide) groups is 1. The van der Waals surface area contributed by atoms with Crippen molar-refractivity contribution >= 4 is 17.7 Å². The molecule has 124 valence electrons. The van der Waals surface area contributed by atoms with E-state index in [1.165, 1.54) is 11.8 Å². The molecule has 0 saturated carbocycles. The Kier molecular flexibility index (Phi) is 6.65. The van der Waals surface area contributed by atoms with Crippen LogP contribution in [0.2, 0.25) is 0 Å². The highest BCUT2D eigenvalue weighted by Crippen LogP contribution is 2.21. The van der Waals surface area contributed by atoms with Crippen LogP contribution in [0.1, 0.15) is 51.3 Å². The lowest BCUT2D eigenvalue weighted by atomic mass is 10.0. The first-order chi connectivity index (χ1) is 11.1. The molecular weight excluding hydrogens is 308 g/mol. The van der Waals surface area contributed by atoms with Crippen molar-refractivity contribution in [2.24, 2.45) is 0 Å². The van der Waals surface area contributed by atoms with Crippen LogP contribution in [0, 0.1) is 0 Å². The Bertz CT molecular complexity index is 612. The van der Waals surface area contributed by atoms with Gasteiger partial charge >= 0.3 is 0 Å². The fourth-order valence-corrected chi connectivity index (χ4v) is 3.21. The Labute approximate surface area is 141 Å². The Balaban J connectivity index is 1.93. The van der Waals surface area contributed by atoms with E-state index in [2.05, 4.69) is 48.4 Å². The fourth-order valence-electron chi connectivity index (χ4n) is 2.35. The van der Waals surface area contributed by atoms with E-state index >= 15 is 0 Å². The number of hydrogen-bond acceptors (Lipinski definition) is 4. The van der Waals surface area contributed by atoms with Crippen LogP contribution >= 0.6 is 11.8 Å². The third-order valence-electron chi connectivity index (χ3n) is 3.54. The van der Waals surface area contributed by atoms with Crippen LogP contribution in [0.25, 0.3) is 0 Å². The molecule has 1 N–H and O–H groups in total. The average molecular weight is 332 g/mol. The van der Waals surface area contributed by atoms with E-state index in [-0.39, 0.29) is 18.0 Å². The number of carbonyl (C=O) groups excluding carboxylic acids is 1. The maximum Gasteiger partial charge on any atom is 0.230 e. The molecule has 0 fully saturated rings. The second-order valence-electron chi connectivity index (χ2n) is 5.72. The van der Waals surface area contributed by atoms with Gasteiger partial charge in [0.25, 0.3) is 0 Å². The molecule has 2 rings (SSSR count). The smallest absolute Gasteiger partial charge is 0.230 e. The van der Waals surface area contributed by atoms with Crippen molar-refractivity contribution in [3.8, 4) is 0 Å². The third kappa shape index (κ3) is 5.10. The molecule has 23 heavy (non-hydrogen) atoms. The Morgan fingerprint density at radius 3 is 2.70 bits per heavy atom. The van der Waals surface area contributed by atoms with Gasteiger partial charge in [0.15, 0.2) is 5.16 Å². The van der Waals surface area contributed by atoms with Gasteiger partial charge in [-0.2, -0.15) is 0 Å². The van der Waals surface area contributed by atoms with Gasteiger partial charge in [0.1, 0.15) is 6.33 Å². The van der Waals surface area contributed by atoms with Gasteiger partial charge < -0.3 is 9.88 Å². The zero-order valence-corrected chi connectivity index (χ0v) is 14.7. The number of aromatic nitrogens is 3. The Hall–Kier alpha value is -1.82. The lowest BCUT2D eigenvalue weighted by Gasteiger charge is -2.18. The second-order valence-corrected chi connectivity index (χ2v) is 6.67. The van der Waals surface area contributed by atoms with Gasteiger partial charge in [0.05, 0.1) is 11.8 Å². The molecule has 5 nitrogen and oxygen atoms in total.